The number of rotatable bonds is 2. The molecule has 1 aromatic rings. The van der Waals surface area contributed by atoms with Gasteiger partial charge in [0.25, 0.3) is 0 Å². The second kappa shape index (κ2) is 4.25. The lowest BCUT2D eigenvalue weighted by Gasteiger charge is -2.29. The van der Waals surface area contributed by atoms with Crippen LogP contribution in [0.1, 0.15) is 11.1 Å². The van der Waals surface area contributed by atoms with E-state index in [2.05, 4.69) is 17.5 Å². The average molecular weight is 223 g/mol. The monoisotopic (exact) mass is 222 g/mol. The Bertz CT molecular complexity index is 387. The van der Waals surface area contributed by atoms with E-state index in [4.69, 9.17) is 17.3 Å². The summed E-state index contributed by atoms with van der Waals surface area (Å²) < 4.78 is 0. The molecule has 0 radical (unpaired) electrons. The Labute approximate surface area is 95.3 Å². The van der Waals surface area contributed by atoms with Gasteiger partial charge in [0.15, 0.2) is 0 Å². The fourth-order valence-corrected chi connectivity index (χ4v) is 2.21. The molecule has 0 fully saturated rings. The second-order valence-corrected chi connectivity index (χ2v) is 4.50. The summed E-state index contributed by atoms with van der Waals surface area (Å²) in [6, 6.07) is 6.13. The van der Waals surface area contributed by atoms with Gasteiger partial charge in [-0.25, -0.2) is 0 Å². The molecule has 0 spiro atoms. The molecule has 80 valence electrons. The summed E-state index contributed by atoms with van der Waals surface area (Å²) in [5, 5.41) is 0.688. The van der Waals surface area contributed by atoms with Gasteiger partial charge in [0.05, 0.1) is 0 Å². The van der Waals surface area contributed by atoms with Crippen LogP contribution in [-0.4, -0.2) is 18.0 Å². The zero-order valence-corrected chi connectivity index (χ0v) is 9.43. The van der Waals surface area contributed by atoms with Crippen LogP contribution in [0.4, 0.5) is 5.69 Å². The van der Waals surface area contributed by atoms with Crippen LogP contribution < -0.4 is 5.73 Å². The standard InChI is InChI=1S/C12H15ClN2/c1-9(13)7-15-6-5-10-3-2-4-12(14)11(10)8-15/h2-4H,1,5-8,14H2. The third-order valence-electron chi connectivity index (χ3n) is 2.78. The van der Waals surface area contributed by atoms with Crippen LogP contribution in [0.5, 0.6) is 0 Å². The number of anilines is 1. The molecule has 2 N–H and O–H groups in total. The first-order valence-corrected chi connectivity index (χ1v) is 5.46. The second-order valence-electron chi connectivity index (χ2n) is 3.96. The van der Waals surface area contributed by atoms with Crippen molar-refractivity contribution >= 4 is 17.3 Å². The predicted octanol–water partition coefficient (Wildman–Crippen LogP) is 2.38. The van der Waals surface area contributed by atoms with Gasteiger partial charge in [-0.05, 0) is 23.6 Å². The van der Waals surface area contributed by atoms with Crippen molar-refractivity contribution in [1.82, 2.24) is 4.90 Å². The summed E-state index contributed by atoms with van der Waals surface area (Å²) >= 11 is 5.81. The van der Waals surface area contributed by atoms with Crippen LogP contribution in [0.3, 0.4) is 0 Å². The molecule has 0 atom stereocenters. The molecule has 0 bridgehead atoms. The normalized spacial score (nSPS) is 16.1. The predicted molar refractivity (Wildman–Crippen MR) is 64.8 cm³/mol. The molecule has 1 aliphatic rings. The van der Waals surface area contributed by atoms with Crippen molar-refractivity contribution in [3.8, 4) is 0 Å². The molecule has 0 saturated carbocycles. The highest BCUT2D eigenvalue weighted by Crippen LogP contribution is 2.24. The highest BCUT2D eigenvalue weighted by Gasteiger charge is 2.17. The highest BCUT2D eigenvalue weighted by molar-refractivity contribution is 6.29. The van der Waals surface area contributed by atoms with E-state index in [0.717, 1.165) is 31.7 Å². The molecular formula is C12H15ClN2. The topological polar surface area (TPSA) is 29.3 Å². The highest BCUT2D eigenvalue weighted by atomic mass is 35.5. The zero-order valence-electron chi connectivity index (χ0n) is 8.67. The number of fused-ring (bicyclic) bond motifs is 1. The number of benzene rings is 1. The molecule has 3 heteroatoms. The summed E-state index contributed by atoms with van der Waals surface area (Å²) in [5.74, 6) is 0. The van der Waals surface area contributed by atoms with Crippen molar-refractivity contribution in [1.29, 1.82) is 0 Å². The number of hydrogen-bond acceptors (Lipinski definition) is 2. The van der Waals surface area contributed by atoms with Crippen LogP contribution in [0.25, 0.3) is 0 Å². The van der Waals surface area contributed by atoms with E-state index in [1.807, 2.05) is 12.1 Å². The Balaban J connectivity index is 2.18. The van der Waals surface area contributed by atoms with Crippen LogP contribution in [0.15, 0.2) is 29.8 Å². The molecule has 0 aliphatic carbocycles. The molecular weight excluding hydrogens is 208 g/mol. The van der Waals surface area contributed by atoms with Crippen LogP contribution in [0, 0.1) is 0 Å². The Morgan fingerprint density at radius 1 is 1.53 bits per heavy atom. The number of nitrogens with zero attached hydrogens (tertiary/aromatic N) is 1. The van der Waals surface area contributed by atoms with E-state index in [0.29, 0.717) is 5.03 Å². The third kappa shape index (κ3) is 2.33. The third-order valence-corrected chi connectivity index (χ3v) is 2.90. The first-order chi connectivity index (χ1) is 7.16. The average Bonchev–Trinajstić information content (AvgIpc) is 2.18. The van der Waals surface area contributed by atoms with E-state index in [9.17, 15) is 0 Å². The van der Waals surface area contributed by atoms with Crippen molar-refractivity contribution < 1.29 is 0 Å². The van der Waals surface area contributed by atoms with Gasteiger partial charge in [-0.15, -0.1) is 0 Å². The van der Waals surface area contributed by atoms with Gasteiger partial charge in [-0.1, -0.05) is 30.3 Å². The molecule has 0 amide bonds. The van der Waals surface area contributed by atoms with Crippen LogP contribution in [-0.2, 0) is 13.0 Å². The summed E-state index contributed by atoms with van der Waals surface area (Å²) in [6.07, 6.45) is 1.05. The Morgan fingerprint density at radius 2 is 2.33 bits per heavy atom. The van der Waals surface area contributed by atoms with Crippen molar-refractivity contribution in [2.75, 3.05) is 18.8 Å². The van der Waals surface area contributed by atoms with Gasteiger partial charge < -0.3 is 5.73 Å². The van der Waals surface area contributed by atoms with Gasteiger partial charge in [0, 0.05) is 30.4 Å². The summed E-state index contributed by atoms with van der Waals surface area (Å²) in [4.78, 5) is 2.27. The Morgan fingerprint density at radius 3 is 3.07 bits per heavy atom. The lowest BCUT2D eigenvalue weighted by atomic mass is 9.98. The molecule has 2 rings (SSSR count). The lowest BCUT2D eigenvalue weighted by molar-refractivity contribution is 0.280. The molecule has 0 unspecified atom stereocenters. The number of nitrogen functional groups attached to an aromatic ring is 1. The molecule has 0 aromatic heterocycles. The minimum atomic E-state index is 0.688. The number of hydrogen-bond donors (Lipinski definition) is 1. The molecule has 0 saturated heterocycles. The van der Waals surface area contributed by atoms with Gasteiger partial charge >= 0.3 is 0 Å². The lowest BCUT2D eigenvalue weighted by Crippen LogP contribution is -2.31. The maximum Gasteiger partial charge on any atom is 0.0362 e. The first-order valence-electron chi connectivity index (χ1n) is 5.08. The van der Waals surface area contributed by atoms with Crippen LogP contribution >= 0.6 is 11.6 Å². The Kier molecular flexibility index (Phi) is 2.98. The summed E-state index contributed by atoms with van der Waals surface area (Å²) in [6.45, 7) is 6.38. The van der Waals surface area contributed by atoms with Gasteiger partial charge in [-0.3, -0.25) is 4.90 Å². The van der Waals surface area contributed by atoms with E-state index >= 15 is 0 Å². The van der Waals surface area contributed by atoms with E-state index in [1.54, 1.807) is 0 Å². The molecule has 1 aliphatic heterocycles. The largest absolute Gasteiger partial charge is 0.398 e. The molecule has 1 heterocycles. The van der Waals surface area contributed by atoms with Crippen LogP contribution in [0.2, 0.25) is 0 Å². The number of halogens is 1. The van der Waals surface area contributed by atoms with Crippen molar-refractivity contribution in [3.63, 3.8) is 0 Å². The maximum atomic E-state index is 5.95. The molecule has 1 aromatic carbocycles. The SMILES string of the molecule is C=C(Cl)CN1CCc2cccc(N)c2C1. The van der Waals surface area contributed by atoms with E-state index in [-0.39, 0.29) is 0 Å². The van der Waals surface area contributed by atoms with Gasteiger partial charge in [-0.2, -0.15) is 0 Å². The Hall–Kier alpha value is -0.990. The molecule has 15 heavy (non-hydrogen) atoms. The number of nitrogens with two attached hydrogens (primary N) is 1. The van der Waals surface area contributed by atoms with Crippen molar-refractivity contribution in [2.24, 2.45) is 0 Å². The summed E-state index contributed by atoms with van der Waals surface area (Å²) in [5.41, 5.74) is 9.46. The fourth-order valence-electron chi connectivity index (χ4n) is 2.04. The molecule has 2 nitrogen and oxygen atoms in total. The van der Waals surface area contributed by atoms with Gasteiger partial charge in [0.1, 0.15) is 0 Å². The van der Waals surface area contributed by atoms with Gasteiger partial charge in [0.2, 0.25) is 0 Å². The minimum Gasteiger partial charge on any atom is -0.398 e. The maximum absolute atomic E-state index is 5.95. The minimum absolute atomic E-state index is 0.688. The first kappa shape index (κ1) is 10.5. The zero-order chi connectivity index (χ0) is 10.8. The summed E-state index contributed by atoms with van der Waals surface area (Å²) in [7, 11) is 0. The van der Waals surface area contributed by atoms with Crippen molar-refractivity contribution in [2.45, 2.75) is 13.0 Å². The smallest absolute Gasteiger partial charge is 0.0362 e. The van der Waals surface area contributed by atoms with E-state index in [1.165, 1.54) is 11.1 Å². The fraction of sp³-hybridized carbons (Fsp3) is 0.333. The van der Waals surface area contributed by atoms with E-state index < -0.39 is 0 Å². The van der Waals surface area contributed by atoms with Crippen molar-refractivity contribution in [3.05, 3.63) is 40.9 Å². The quantitative estimate of drug-likeness (QED) is 0.779.